The van der Waals surface area contributed by atoms with Gasteiger partial charge in [0, 0.05) is 24.2 Å². The fourth-order valence-electron chi connectivity index (χ4n) is 3.84. The smallest absolute Gasteiger partial charge is 0.240 e. The number of hydrogen-bond acceptors (Lipinski definition) is 5. The second-order valence-electron chi connectivity index (χ2n) is 8.48. The molecule has 0 heterocycles. The number of carbonyl (C=O) groups excluding carboxylic acids is 1. The van der Waals surface area contributed by atoms with Crippen molar-refractivity contribution in [2.45, 2.75) is 68.4 Å². The molecule has 2 N–H and O–H groups in total. The number of carbonyl (C=O) groups is 1. The van der Waals surface area contributed by atoms with Crippen LogP contribution >= 0.6 is 0 Å². The predicted octanol–water partition coefficient (Wildman–Crippen LogP) is 4.03. The van der Waals surface area contributed by atoms with Gasteiger partial charge < -0.3 is 14.8 Å². The van der Waals surface area contributed by atoms with Crippen LogP contribution in [0.1, 0.15) is 50.5 Å². The number of anilines is 1. The summed E-state index contributed by atoms with van der Waals surface area (Å²) in [4.78, 5) is 12.7. The molecule has 0 bridgehead atoms. The van der Waals surface area contributed by atoms with Crippen molar-refractivity contribution in [3.05, 3.63) is 48.0 Å². The number of amides is 1. The molecule has 0 unspecified atom stereocenters. The van der Waals surface area contributed by atoms with Crippen molar-refractivity contribution in [3.8, 4) is 11.5 Å². The number of benzene rings is 2. The van der Waals surface area contributed by atoms with E-state index >= 15 is 0 Å². The van der Waals surface area contributed by atoms with Gasteiger partial charge in [-0.25, -0.2) is 13.1 Å². The Morgan fingerprint density at radius 2 is 1.72 bits per heavy atom. The molecule has 8 heteroatoms. The van der Waals surface area contributed by atoms with Gasteiger partial charge in [-0.2, -0.15) is 0 Å². The van der Waals surface area contributed by atoms with E-state index in [0.717, 1.165) is 31.2 Å². The SMILES string of the molecule is COc1ccc(NC(=O)CCc2ccc(S(=O)(=O)NC3CC3)cc2)cc1OC1CCCC1. The summed E-state index contributed by atoms with van der Waals surface area (Å²) >= 11 is 0. The van der Waals surface area contributed by atoms with E-state index < -0.39 is 10.0 Å². The molecule has 2 aliphatic carbocycles. The summed E-state index contributed by atoms with van der Waals surface area (Å²) < 4.78 is 38.6. The van der Waals surface area contributed by atoms with Crippen molar-refractivity contribution < 1.29 is 22.7 Å². The largest absolute Gasteiger partial charge is 0.493 e. The van der Waals surface area contributed by atoms with E-state index in [1.165, 1.54) is 12.8 Å². The molecule has 0 spiro atoms. The molecule has 0 aromatic heterocycles. The molecule has 2 fully saturated rings. The summed E-state index contributed by atoms with van der Waals surface area (Å²) in [7, 11) is -1.85. The molecule has 0 saturated heterocycles. The third-order valence-electron chi connectivity index (χ3n) is 5.82. The first kappa shape index (κ1) is 22.6. The van der Waals surface area contributed by atoms with Gasteiger partial charge in [0.1, 0.15) is 0 Å². The maximum atomic E-state index is 12.5. The van der Waals surface area contributed by atoms with Crippen molar-refractivity contribution >= 4 is 21.6 Å². The van der Waals surface area contributed by atoms with Crippen LogP contribution in [0.4, 0.5) is 5.69 Å². The lowest BCUT2D eigenvalue weighted by Crippen LogP contribution is -2.25. The van der Waals surface area contributed by atoms with E-state index in [-0.39, 0.29) is 29.4 Å². The Bertz CT molecular complexity index is 1040. The summed E-state index contributed by atoms with van der Waals surface area (Å²) in [6.07, 6.45) is 7.22. The fourth-order valence-corrected chi connectivity index (χ4v) is 5.14. The highest BCUT2D eigenvalue weighted by atomic mass is 32.2. The lowest BCUT2D eigenvalue weighted by atomic mass is 10.1. The van der Waals surface area contributed by atoms with Gasteiger partial charge in [-0.1, -0.05) is 12.1 Å². The first-order valence-electron chi connectivity index (χ1n) is 11.2. The predicted molar refractivity (Wildman–Crippen MR) is 123 cm³/mol. The Labute approximate surface area is 189 Å². The molecular weight excluding hydrogens is 428 g/mol. The average molecular weight is 459 g/mol. The van der Waals surface area contributed by atoms with Gasteiger partial charge in [-0.3, -0.25) is 4.79 Å². The van der Waals surface area contributed by atoms with Crippen molar-refractivity contribution in [1.82, 2.24) is 4.72 Å². The maximum absolute atomic E-state index is 12.5. The van der Waals surface area contributed by atoms with Crippen molar-refractivity contribution in [3.63, 3.8) is 0 Å². The summed E-state index contributed by atoms with van der Waals surface area (Å²) in [5.74, 6) is 1.18. The average Bonchev–Trinajstić information content (AvgIpc) is 3.43. The molecule has 1 amide bonds. The van der Waals surface area contributed by atoms with E-state index in [1.807, 2.05) is 6.07 Å². The van der Waals surface area contributed by atoms with Crippen LogP contribution in [0.3, 0.4) is 0 Å². The first-order chi connectivity index (χ1) is 15.4. The summed E-state index contributed by atoms with van der Waals surface area (Å²) in [6, 6.07) is 12.2. The molecule has 2 aromatic carbocycles. The molecule has 0 atom stereocenters. The van der Waals surface area contributed by atoms with E-state index in [1.54, 1.807) is 43.5 Å². The molecule has 4 rings (SSSR count). The van der Waals surface area contributed by atoms with Gasteiger partial charge in [0.05, 0.1) is 18.1 Å². The Kier molecular flexibility index (Phi) is 7.01. The topological polar surface area (TPSA) is 93.7 Å². The molecule has 32 heavy (non-hydrogen) atoms. The van der Waals surface area contributed by atoms with E-state index in [2.05, 4.69) is 10.0 Å². The number of rotatable bonds is 10. The number of ether oxygens (including phenoxy) is 2. The minimum absolute atomic E-state index is 0.0745. The van der Waals surface area contributed by atoms with Crippen molar-refractivity contribution in [1.29, 1.82) is 0 Å². The van der Waals surface area contributed by atoms with Gasteiger partial charge >= 0.3 is 0 Å². The fraction of sp³-hybridized carbons (Fsp3) is 0.458. The van der Waals surface area contributed by atoms with E-state index in [4.69, 9.17) is 9.47 Å². The number of hydrogen-bond donors (Lipinski definition) is 2. The monoisotopic (exact) mass is 458 g/mol. The second-order valence-corrected chi connectivity index (χ2v) is 10.2. The summed E-state index contributed by atoms with van der Waals surface area (Å²) in [5, 5.41) is 2.91. The first-order valence-corrected chi connectivity index (χ1v) is 12.7. The number of sulfonamides is 1. The molecule has 172 valence electrons. The lowest BCUT2D eigenvalue weighted by Gasteiger charge is -2.17. The Hall–Kier alpha value is -2.58. The molecule has 2 aliphatic rings. The molecule has 2 saturated carbocycles. The van der Waals surface area contributed by atoms with Crippen LogP contribution in [0, 0.1) is 0 Å². The Morgan fingerprint density at radius 3 is 2.38 bits per heavy atom. The van der Waals surface area contributed by atoms with Crippen LogP contribution in [0.2, 0.25) is 0 Å². The number of methoxy groups -OCH3 is 1. The minimum atomic E-state index is -3.46. The third kappa shape index (κ3) is 6.01. The highest BCUT2D eigenvalue weighted by Crippen LogP contribution is 2.34. The van der Waals surface area contributed by atoms with E-state index in [9.17, 15) is 13.2 Å². The van der Waals surface area contributed by atoms with Crippen LogP contribution in [-0.2, 0) is 21.2 Å². The Balaban J connectivity index is 1.31. The van der Waals surface area contributed by atoms with Crippen LogP contribution < -0.4 is 19.5 Å². The van der Waals surface area contributed by atoms with Crippen molar-refractivity contribution in [2.24, 2.45) is 0 Å². The minimum Gasteiger partial charge on any atom is -0.493 e. The van der Waals surface area contributed by atoms with Crippen LogP contribution in [0.15, 0.2) is 47.4 Å². The van der Waals surface area contributed by atoms with Gasteiger partial charge in [0.15, 0.2) is 11.5 Å². The molecular formula is C24H30N2O5S. The van der Waals surface area contributed by atoms with Gasteiger partial charge in [-0.05, 0) is 74.8 Å². The zero-order chi connectivity index (χ0) is 22.6. The molecule has 0 radical (unpaired) electrons. The van der Waals surface area contributed by atoms with Crippen LogP contribution in [0.25, 0.3) is 0 Å². The zero-order valence-corrected chi connectivity index (χ0v) is 19.1. The normalized spacial score (nSPS) is 16.7. The number of aryl methyl sites for hydroxylation is 1. The highest BCUT2D eigenvalue weighted by Gasteiger charge is 2.27. The quantitative estimate of drug-likeness (QED) is 0.561. The van der Waals surface area contributed by atoms with Crippen LogP contribution in [0.5, 0.6) is 11.5 Å². The van der Waals surface area contributed by atoms with Crippen LogP contribution in [-0.4, -0.2) is 33.6 Å². The highest BCUT2D eigenvalue weighted by molar-refractivity contribution is 7.89. The standard InChI is InChI=1S/C24H30N2O5S/c1-30-22-14-11-19(16-23(22)31-20-4-2-3-5-20)25-24(27)15-8-17-6-12-21(13-7-17)32(28,29)26-18-9-10-18/h6-7,11-14,16,18,20,26H,2-5,8-10,15H2,1H3,(H,25,27). The maximum Gasteiger partial charge on any atom is 0.240 e. The molecule has 7 nitrogen and oxygen atoms in total. The Morgan fingerprint density at radius 1 is 1.00 bits per heavy atom. The second kappa shape index (κ2) is 9.92. The van der Waals surface area contributed by atoms with Gasteiger partial charge in [-0.15, -0.1) is 0 Å². The lowest BCUT2D eigenvalue weighted by molar-refractivity contribution is -0.116. The zero-order valence-electron chi connectivity index (χ0n) is 18.3. The van der Waals surface area contributed by atoms with Crippen molar-refractivity contribution in [2.75, 3.05) is 12.4 Å². The molecule has 2 aromatic rings. The van der Waals surface area contributed by atoms with Gasteiger partial charge in [0.2, 0.25) is 15.9 Å². The summed E-state index contributed by atoms with van der Waals surface area (Å²) in [6.45, 7) is 0. The summed E-state index contributed by atoms with van der Waals surface area (Å²) in [5.41, 5.74) is 1.57. The molecule has 0 aliphatic heterocycles. The van der Waals surface area contributed by atoms with Gasteiger partial charge in [0.25, 0.3) is 0 Å². The van der Waals surface area contributed by atoms with E-state index in [0.29, 0.717) is 23.6 Å². The number of nitrogens with one attached hydrogen (secondary N) is 2. The third-order valence-corrected chi connectivity index (χ3v) is 7.35.